The second-order valence-electron chi connectivity index (χ2n) is 6.04. The summed E-state index contributed by atoms with van der Waals surface area (Å²) in [4.78, 5) is 11.0. The van der Waals surface area contributed by atoms with Crippen molar-refractivity contribution in [3.05, 3.63) is 24.5 Å². The summed E-state index contributed by atoms with van der Waals surface area (Å²) in [5, 5.41) is 0.998. The lowest BCUT2D eigenvalue weighted by Crippen LogP contribution is -2.52. The number of rotatable bonds is 1. The minimum Gasteiger partial charge on any atom is -0.399 e. The molecule has 2 heterocycles. The Morgan fingerprint density at radius 1 is 1.35 bits per heavy atom. The Balaban J connectivity index is 2.07. The van der Waals surface area contributed by atoms with Gasteiger partial charge in [0.1, 0.15) is 12.1 Å². The van der Waals surface area contributed by atoms with Crippen molar-refractivity contribution in [3.8, 4) is 0 Å². The topological polar surface area (TPSA) is 64.3 Å². The van der Waals surface area contributed by atoms with Crippen LogP contribution < -0.4 is 10.6 Å². The van der Waals surface area contributed by atoms with E-state index in [0.29, 0.717) is 0 Å². The lowest BCUT2D eigenvalue weighted by molar-refractivity contribution is -0.0751. The first-order valence-corrected chi connectivity index (χ1v) is 6.88. The lowest BCUT2D eigenvalue weighted by Gasteiger charge is -2.42. The van der Waals surface area contributed by atoms with Gasteiger partial charge in [0.25, 0.3) is 0 Å². The van der Waals surface area contributed by atoms with Gasteiger partial charge >= 0.3 is 0 Å². The van der Waals surface area contributed by atoms with Gasteiger partial charge in [-0.2, -0.15) is 0 Å². The highest BCUT2D eigenvalue weighted by Gasteiger charge is 2.32. The fourth-order valence-corrected chi connectivity index (χ4v) is 2.93. The highest BCUT2D eigenvalue weighted by atomic mass is 16.5. The maximum Gasteiger partial charge on any atom is 0.140 e. The highest BCUT2D eigenvalue weighted by molar-refractivity contribution is 5.91. The van der Waals surface area contributed by atoms with Crippen LogP contribution in [-0.2, 0) is 4.74 Å². The third kappa shape index (κ3) is 2.41. The second-order valence-corrected chi connectivity index (χ2v) is 6.04. The van der Waals surface area contributed by atoms with Crippen molar-refractivity contribution in [2.75, 3.05) is 23.7 Å². The molecular weight excluding hydrogens is 252 g/mol. The summed E-state index contributed by atoms with van der Waals surface area (Å²) in [5.74, 6) is 0.936. The standard InChI is InChI=1S/C15H20N4O/c1-10-7-19(8-15(2,3)20-10)14-12-6-11(16)4-5-13(12)17-9-18-14/h4-6,9-10H,7-8,16H2,1-3H3. The molecule has 1 unspecified atom stereocenters. The van der Waals surface area contributed by atoms with E-state index in [2.05, 4.69) is 35.6 Å². The number of hydrogen-bond acceptors (Lipinski definition) is 5. The van der Waals surface area contributed by atoms with Crippen LogP contribution in [0.2, 0.25) is 0 Å². The van der Waals surface area contributed by atoms with Crippen LogP contribution in [-0.4, -0.2) is 34.8 Å². The number of morpholine rings is 1. The van der Waals surface area contributed by atoms with Crippen LogP contribution in [0, 0.1) is 0 Å². The van der Waals surface area contributed by atoms with Crippen LogP contribution in [0.1, 0.15) is 20.8 Å². The second kappa shape index (κ2) is 4.59. The van der Waals surface area contributed by atoms with Gasteiger partial charge in [0, 0.05) is 24.2 Å². The molecular formula is C15H20N4O. The first kappa shape index (κ1) is 13.1. The first-order valence-electron chi connectivity index (χ1n) is 6.88. The summed E-state index contributed by atoms with van der Waals surface area (Å²) in [5.41, 5.74) is 7.37. The molecule has 3 rings (SSSR count). The molecule has 5 heteroatoms. The fourth-order valence-electron chi connectivity index (χ4n) is 2.93. The van der Waals surface area contributed by atoms with Crippen LogP contribution in [0.25, 0.3) is 10.9 Å². The molecule has 20 heavy (non-hydrogen) atoms. The van der Waals surface area contributed by atoms with Crippen molar-refractivity contribution in [3.63, 3.8) is 0 Å². The van der Waals surface area contributed by atoms with Crippen molar-refractivity contribution >= 4 is 22.4 Å². The number of anilines is 2. The minimum absolute atomic E-state index is 0.171. The van der Waals surface area contributed by atoms with Gasteiger partial charge in [0.2, 0.25) is 0 Å². The molecule has 1 aliphatic heterocycles. The highest BCUT2D eigenvalue weighted by Crippen LogP contribution is 2.30. The van der Waals surface area contributed by atoms with Gasteiger partial charge in [-0.3, -0.25) is 0 Å². The molecule has 0 aliphatic carbocycles. The van der Waals surface area contributed by atoms with Crippen molar-refractivity contribution < 1.29 is 4.74 Å². The molecule has 1 fully saturated rings. The average molecular weight is 272 g/mol. The number of fused-ring (bicyclic) bond motifs is 1. The molecule has 2 aromatic rings. The normalized spacial score (nSPS) is 22.1. The van der Waals surface area contributed by atoms with Crippen LogP contribution in [0.5, 0.6) is 0 Å². The molecule has 1 aromatic heterocycles. The monoisotopic (exact) mass is 272 g/mol. The average Bonchev–Trinajstić information content (AvgIpc) is 2.35. The van der Waals surface area contributed by atoms with Crippen molar-refractivity contribution in [2.45, 2.75) is 32.5 Å². The Kier molecular flexibility index (Phi) is 3.01. The number of benzene rings is 1. The molecule has 1 saturated heterocycles. The number of nitrogens with two attached hydrogens (primary N) is 1. The molecule has 106 valence electrons. The molecule has 2 N–H and O–H groups in total. The van der Waals surface area contributed by atoms with E-state index in [0.717, 1.165) is 35.5 Å². The van der Waals surface area contributed by atoms with Crippen molar-refractivity contribution in [1.29, 1.82) is 0 Å². The molecule has 1 aromatic carbocycles. The van der Waals surface area contributed by atoms with Gasteiger partial charge in [0.15, 0.2) is 0 Å². The zero-order chi connectivity index (χ0) is 14.3. The van der Waals surface area contributed by atoms with E-state index in [1.807, 2.05) is 18.2 Å². The SMILES string of the molecule is CC1CN(c2ncnc3ccc(N)cc23)CC(C)(C)O1. The molecule has 5 nitrogen and oxygen atoms in total. The quantitative estimate of drug-likeness (QED) is 0.806. The maximum atomic E-state index is 5.95. The Labute approximate surface area is 118 Å². The number of hydrogen-bond donors (Lipinski definition) is 1. The summed E-state index contributed by atoms with van der Waals surface area (Å²) >= 11 is 0. The Bertz CT molecular complexity index is 641. The van der Waals surface area contributed by atoms with E-state index in [1.54, 1.807) is 6.33 Å². The largest absolute Gasteiger partial charge is 0.399 e. The van der Waals surface area contributed by atoms with Gasteiger partial charge in [-0.25, -0.2) is 9.97 Å². The lowest BCUT2D eigenvalue weighted by atomic mass is 10.0. The van der Waals surface area contributed by atoms with Gasteiger partial charge in [-0.05, 0) is 39.0 Å². The van der Waals surface area contributed by atoms with E-state index in [1.165, 1.54) is 0 Å². The van der Waals surface area contributed by atoms with Crippen molar-refractivity contribution in [1.82, 2.24) is 9.97 Å². The Hall–Kier alpha value is -1.88. The van der Waals surface area contributed by atoms with Gasteiger partial charge < -0.3 is 15.4 Å². The third-order valence-corrected chi connectivity index (χ3v) is 3.51. The fraction of sp³-hybridized carbons (Fsp3) is 0.467. The first-order chi connectivity index (χ1) is 9.44. The Morgan fingerprint density at radius 3 is 2.90 bits per heavy atom. The minimum atomic E-state index is -0.185. The van der Waals surface area contributed by atoms with E-state index in [4.69, 9.17) is 10.5 Å². The number of nitrogen functional groups attached to an aromatic ring is 1. The summed E-state index contributed by atoms with van der Waals surface area (Å²) in [6, 6.07) is 5.74. The van der Waals surface area contributed by atoms with Gasteiger partial charge in [0.05, 0.1) is 17.2 Å². The van der Waals surface area contributed by atoms with Gasteiger partial charge in [-0.15, -0.1) is 0 Å². The summed E-state index contributed by atoms with van der Waals surface area (Å²) in [7, 11) is 0. The third-order valence-electron chi connectivity index (χ3n) is 3.51. The number of ether oxygens (including phenoxy) is 1. The zero-order valence-electron chi connectivity index (χ0n) is 12.1. The molecule has 0 spiro atoms. The van der Waals surface area contributed by atoms with E-state index >= 15 is 0 Å². The van der Waals surface area contributed by atoms with Crippen molar-refractivity contribution in [2.24, 2.45) is 0 Å². The number of aromatic nitrogens is 2. The smallest absolute Gasteiger partial charge is 0.140 e. The molecule has 0 saturated carbocycles. The summed E-state index contributed by atoms with van der Waals surface area (Å²) in [6.45, 7) is 7.93. The summed E-state index contributed by atoms with van der Waals surface area (Å²) < 4.78 is 5.95. The van der Waals surface area contributed by atoms with Crippen LogP contribution >= 0.6 is 0 Å². The van der Waals surface area contributed by atoms with E-state index in [-0.39, 0.29) is 11.7 Å². The Morgan fingerprint density at radius 2 is 2.15 bits per heavy atom. The number of nitrogens with zero attached hydrogens (tertiary/aromatic N) is 3. The molecule has 1 aliphatic rings. The summed E-state index contributed by atoms with van der Waals surface area (Å²) in [6.07, 6.45) is 1.78. The molecule has 0 radical (unpaired) electrons. The van der Waals surface area contributed by atoms with E-state index in [9.17, 15) is 0 Å². The molecule has 0 amide bonds. The predicted octanol–water partition coefficient (Wildman–Crippen LogP) is 2.22. The maximum absolute atomic E-state index is 5.95. The zero-order valence-corrected chi connectivity index (χ0v) is 12.1. The molecule has 1 atom stereocenters. The van der Waals surface area contributed by atoms with Crippen LogP contribution in [0.3, 0.4) is 0 Å². The van der Waals surface area contributed by atoms with Gasteiger partial charge in [-0.1, -0.05) is 0 Å². The molecule has 0 bridgehead atoms. The predicted molar refractivity (Wildman–Crippen MR) is 80.8 cm³/mol. The van der Waals surface area contributed by atoms with Crippen LogP contribution in [0.15, 0.2) is 24.5 Å². The van der Waals surface area contributed by atoms with Crippen LogP contribution in [0.4, 0.5) is 11.5 Å². The van der Waals surface area contributed by atoms with E-state index < -0.39 is 0 Å².